The summed E-state index contributed by atoms with van der Waals surface area (Å²) in [5, 5.41) is 31.2. The molecule has 1 aromatic carbocycles. The van der Waals surface area contributed by atoms with E-state index < -0.39 is 29.4 Å². The van der Waals surface area contributed by atoms with Gasteiger partial charge in [-0.1, -0.05) is 42.1 Å². The summed E-state index contributed by atoms with van der Waals surface area (Å²) in [5.74, 6) is -1.45. The summed E-state index contributed by atoms with van der Waals surface area (Å²) in [6.07, 6.45) is 0.233. The first-order chi connectivity index (χ1) is 15.7. The minimum atomic E-state index is -1.38. The van der Waals surface area contributed by atoms with Gasteiger partial charge in [-0.2, -0.15) is 0 Å². The fraction of sp³-hybridized carbons (Fsp3) is 0.476. The van der Waals surface area contributed by atoms with Crippen LogP contribution >= 0.6 is 23.5 Å². The second-order valence-corrected chi connectivity index (χ2v) is 10.5. The SMILES string of the molecule is CC(C)n1cnnc1SCC1(C(=O)O)CS[C@@H]2C(NC(=O)C(O)c3ccccc3)C(=O)N2C1. The van der Waals surface area contributed by atoms with Crippen LogP contribution in [-0.4, -0.2) is 77.1 Å². The molecule has 3 N–H and O–H groups in total. The topological polar surface area (TPSA) is 138 Å². The molecular formula is C21H25N5O5S2. The second-order valence-electron chi connectivity index (χ2n) is 8.46. The molecule has 0 saturated carbocycles. The number of aliphatic hydroxyl groups excluding tert-OH is 1. The molecule has 3 heterocycles. The van der Waals surface area contributed by atoms with Gasteiger partial charge in [-0.3, -0.25) is 14.4 Å². The van der Waals surface area contributed by atoms with Gasteiger partial charge in [-0.05, 0) is 19.4 Å². The van der Waals surface area contributed by atoms with Gasteiger partial charge in [0.15, 0.2) is 11.3 Å². The number of carboxylic acid groups (broad SMARTS) is 1. The van der Waals surface area contributed by atoms with Gasteiger partial charge in [0, 0.05) is 24.1 Å². The molecule has 2 fully saturated rings. The molecule has 4 rings (SSSR count). The monoisotopic (exact) mass is 491 g/mol. The summed E-state index contributed by atoms with van der Waals surface area (Å²) in [6, 6.07) is 7.82. The Labute approximate surface area is 199 Å². The Morgan fingerprint density at radius 2 is 2.06 bits per heavy atom. The van der Waals surface area contributed by atoms with Crippen LogP contribution < -0.4 is 5.32 Å². The van der Waals surface area contributed by atoms with Crippen molar-refractivity contribution in [2.45, 2.75) is 42.6 Å². The third-order valence-electron chi connectivity index (χ3n) is 5.83. The van der Waals surface area contributed by atoms with Crippen LogP contribution in [0.15, 0.2) is 41.8 Å². The molecule has 2 saturated heterocycles. The Morgan fingerprint density at radius 1 is 1.33 bits per heavy atom. The van der Waals surface area contributed by atoms with Crippen molar-refractivity contribution in [1.82, 2.24) is 25.0 Å². The Hall–Kier alpha value is -2.57. The average Bonchev–Trinajstić information content (AvgIpc) is 3.30. The van der Waals surface area contributed by atoms with Gasteiger partial charge in [-0.15, -0.1) is 22.0 Å². The molecule has 0 aliphatic carbocycles. The third-order valence-corrected chi connectivity index (χ3v) is 8.67. The number of amides is 2. The number of nitrogens with one attached hydrogen (secondary N) is 1. The van der Waals surface area contributed by atoms with E-state index in [9.17, 15) is 24.6 Å². The van der Waals surface area contributed by atoms with Crippen molar-refractivity contribution in [2.24, 2.45) is 5.41 Å². The fourth-order valence-corrected chi connectivity index (χ4v) is 6.72. The quantitative estimate of drug-likeness (QED) is 0.367. The van der Waals surface area contributed by atoms with Gasteiger partial charge in [0.2, 0.25) is 5.91 Å². The molecule has 12 heteroatoms. The molecule has 2 aliphatic heterocycles. The number of thioether (sulfide) groups is 2. The van der Waals surface area contributed by atoms with Gasteiger partial charge in [0.05, 0.1) is 0 Å². The molecule has 0 radical (unpaired) electrons. The van der Waals surface area contributed by atoms with Gasteiger partial charge >= 0.3 is 5.97 Å². The average molecular weight is 492 g/mol. The summed E-state index contributed by atoms with van der Waals surface area (Å²) in [5.41, 5.74) is -0.709. The van der Waals surface area contributed by atoms with E-state index in [1.165, 1.54) is 28.4 Å². The molecular weight excluding hydrogens is 466 g/mol. The highest BCUT2D eigenvalue weighted by Gasteiger charge is 2.57. The standard InChI is InChI=1S/C21H25N5O5S2/c1-12(2)26-11-22-24-20(26)33-10-21(19(30)31)8-25-17(29)14(18(25)32-9-21)23-16(28)15(27)13-6-4-3-5-7-13/h3-7,11-12,14-15,18,27H,8-10H2,1-2H3,(H,23,28)(H,30,31)/t14?,15?,18-,21?/m1/s1. The molecule has 33 heavy (non-hydrogen) atoms. The zero-order chi connectivity index (χ0) is 23.8. The highest BCUT2D eigenvalue weighted by Crippen LogP contribution is 2.44. The number of hydrogen-bond acceptors (Lipinski definition) is 8. The van der Waals surface area contributed by atoms with Crippen molar-refractivity contribution in [1.29, 1.82) is 0 Å². The molecule has 3 unspecified atom stereocenters. The van der Waals surface area contributed by atoms with Gasteiger partial charge in [0.1, 0.15) is 23.2 Å². The lowest BCUT2D eigenvalue weighted by Gasteiger charge is -2.53. The summed E-state index contributed by atoms with van der Waals surface area (Å²) in [7, 11) is 0. The first-order valence-electron chi connectivity index (χ1n) is 10.4. The number of β-lactam (4-membered cyclic amide) rings is 1. The Balaban J connectivity index is 1.40. The normalized spacial score (nSPS) is 25.3. The van der Waals surface area contributed by atoms with Crippen molar-refractivity contribution >= 4 is 41.3 Å². The van der Waals surface area contributed by atoms with E-state index in [0.717, 1.165) is 0 Å². The minimum Gasteiger partial charge on any atom is -0.481 e. The molecule has 10 nitrogen and oxygen atoms in total. The Kier molecular flexibility index (Phi) is 6.68. The zero-order valence-electron chi connectivity index (χ0n) is 18.1. The number of fused-ring (bicyclic) bond motifs is 1. The highest BCUT2D eigenvalue weighted by atomic mass is 32.2. The number of benzene rings is 1. The Morgan fingerprint density at radius 3 is 2.73 bits per heavy atom. The van der Waals surface area contributed by atoms with Crippen LogP contribution in [0.5, 0.6) is 0 Å². The van der Waals surface area contributed by atoms with E-state index in [0.29, 0.717) is 10.7 Å². The third kappa shape index (κ3) is 4.46. The van der Waals surface area contributed by atoms with Crippen molar-refractivity contribution < 1.29 is 24.6 Å². The van der Waals surface area contributed by atoms with Crippen LogP contribution in [0, 0.1) is 5.41 Å². The number of aromatic nitrogens is 3. The molecule has 176 valence electrons. The lowest BCUT2D eigenvalue weighted by Crippen LogP contribution is -2.74. The first kappa shape index (κ1) is 23.6. The molecule has 2 aromatic rings. The minimum absolute atomic E-state index is 0.0509. The van der Waals surface area contributed by atoms with E-state index in [1.54, 1.807) is 36.7 Å². The zero-order valence-corrected chi connectivity index (χ0v) is 19.8. The maximum absolute atomic E-state index is 12.8. The molecule has 0 spiro atoms. The number of aliphatic hydroxyl groups is 1. The van der Waals surface area contributed by atoms with Crippen LogP contribution in [0.1, 0.15) is 31.6 Å². The van der Waals surface area contributed by atoms with Crippen LogP contribution in [0.2, 0.25) is 0 Å². The predicted octanol–water partition coefficient (Wildman–Crippen LogP) is 1.16. The van der Waals surface area contributed by atoms with E-state index in [1.807, 2.05) is 18.4 Å². The first-order valence-corrected chi connectivity index (χ1v) is 12.5. The smallest absolute Gasteiger partial charge is 0.313 e. The summed E-state index contributed by atoms with van der Waals surface area (Å²) >= 11 is 2.64. The fourth-order valence-electron chi connectivity index (χ4n) is 3.82. The number of nitrogens with zero attached hydrogens (tertiary/aromatic N) is 4. The molecule has 1 aromatic heterocycles. The largest absolute Gasteiger partial charge is 0.481 e. The molecule has 2 amide bonds. The van der Waals surface area contributed by atoms with Crippen molar-refractivity contribution in [3.63, 3.8) is 0 Å². The number of rotatable bonds is 8. The second kappa shape index (κ2) is 9.35. The number of carbonyl (C=O) groups is 3. The van der Waals surface area contributed by atoms with E-state index >= 15 is 0 Å². The predicted molar refractivity (Wildman–Crippen MR) is 122 cm³/mol. The number of carbonyl (C=O) groups excluding carboxylic acids is 2. The van der Waals surface area contributed by atoms with E-state index in [4.69, 9.17) is 0 Å². The van der Waals surface area contributed by atoms with Gasteiger partial charge < -0.3 is 25.0 Å². The summed E-state index contributed by atoms with van der Waals surface area (Å²) in [4.78, 5) is 39.0. The van der Waals surface area contributed by atoms with Crippen molar-refractivity contribution in [3.8, 4) is 0 Å². The van der Waals surface area contributed by atoms with Crippen molar-refractivity contribution in [2.75, 3.05) is 18.1 Å². The summed E-state index contributed by atoms with van der Waals surface area (Å²) in [6.45, 7) is 4.03. The summed E-state index contributed by atoms with van der Waals surface area (Å²) < 4.78 is 1.87. The number of hydrogen-bond donors (Lipinski definition) is 3. The lowest BCUT2D eigenvalue weighted by molar-refractivity contribution is -0.158. The van der Waals surface area contributed by atoms with Crippen LogP contribution in [0.4, 0.5) is 0 Å². The number of carboxylic acids is 1. The maximum Gasteiger partial charge on any atom is 0.313 e. The van der Waals surface area contributed by atoms with Crippen LogP contribution in [-0.2, 0) is 14.4 Å². The maximum atomic E-state index is 12.8. The van der Waals surface area contributed by atoms with Crippen LogP contribution in [0.25, 0.3) is 0 Å². The molecule has 2 aliphatic rings. The van der Waals surface area contributed by atoms with Crippen LogP contribution in [0.3, 0.4) is 0 Å². The number of aliphatic carboxylic acids is 1. The molecule has 4 atom stereocenters. The van der Waals surface area contributed by atoms with E-state index in [2.05, 4.69) is 15.5 Å². The van der Waals surface area contributed by atoms with Gasteiger partial charge in [-0.25, -0.2) is 0 Å². The van der Waals surface area contributed by atoms with Gasteiger partial charge in [0.25, 0.3) is 5.91 Å². The Bertz CT molecular complexity index is 1050. The highest BCUT2D eigenvalue weighted by molar-refractivity contribution is 8.00. The lowest BCUT2D eigenvalue weighted by atomic mass is 9.89. The van der Waals surface area contributed by atoms with Crippen molar-refractivity contribution in [3.05, 3.63) is 42.2 Å². The molecule has 0 bridgehead atoms. The van der Waals surface area contributed by atoms with E-state index in [-0.39, 0.29) is 35.4 Å².